The molecule has 0 aromatic carbocycles. The molecule has 2 heteroatoms. The minimum atomic E-state index is -0.449. The summed E-state index contributed by atoms with van der Waals surface area (Å²) in [5.74, 6) is 0. The summed E-state index contributed by atoms with van der Waals surface area (Å²) in [6.45, 7) is 6.10. The molecule has 0 bridgehead atoms. The van der Waals surface area contributed by atoms with Crippen LogP contribution >= 0.6 is 0 Å². The van der Waals surface area contributed by atoms with Crippen LogP contribution in [-0.2, 0) is 0 Å². The minimum Gasteiger partial charge on any atom is -0.391 e. The van der Waals surface area contributed by atoms with Gasteiger partial charge in [0.05, 0.1) is 6.10 Å². The monoisotopic (exact) mass is 341 g/mol. The molecule has 1 atom stereocenters. The fourth-order valence-electron chi connectivity index (χ4n) is 3.26. The van der Waals surface area contributed by atoms with E-state index in [4.69, 9.17) is 5.73 Å². The largest absolute Gasteiger partial charge is 0.391 e. The Morgan fingerprint density at radius 3 is 1.21 bits per heavy atom. The van der Waals surface area contributed by atoms with Gasteiger partial charge in [-0.25, -0.2) is 0 Å². The van der Waals surface area contributed by atoms with Crippen LogP contribution in [0, 0.1) is 0 Å². The molecule has 0 radical (unpaired) electrons. The van der Waals surface area contributed by atoms with Gasteiger partial charge in [-0.1, -0.05) is 110 Å². The fourth-order valence-corrected chi connectivity index (χ4v) is 3.26. The van der Waals surface area contributed by atoms with Crippen molar-refractivity contribution in [1.29, 1.82) is 0 Å². The Balaban J connectivity index is 3.10. The Bertz CT molecular complexity index is 247. The van der Waals surface area contributed by atoms with Gasteiger partial charge in [0.1, 0.15) is 0 Å². The second-order valence-corrected chi connectivity index (χ2v) is 8.43. The van der Waals surface area contributed by atoms with Crippen molar-refractivity contribution in [3.8, 4) is 0 Å². The summed E-state index contributed by atoms with van der Waals surface area (Å²) in [6.07, 6.45) is 22.7. The lowest BCUT2D eigenvalue weighted by atomic mass is 9.94. The predicted molar refractivity (Wildman–Crippen MR) is 108 cm³/mol. The lowest BCUT2D eigenvalue weighted by molar-refractivity contribution is 0.0925. The zero-order valence-electron chi connectivity index (χ0n) is 17.1. The molecule has 1 unspecified atom stereocenters. The molecular weight excluding hydrogens is 294 g/mol. The van der Waals surface area contributed by atoms with Gasteiger partial charge in [-0.05, 0) is 20.3 Å². The zero-order valence-corrected chi connectivity index (χ0v) is 17.1. The molecule has 0 aromatic rings. The Morgan fingerprint density at radius 1 is 0.625 bits per heavy atom. The van der Waals surface area contributed by atoms with Gasteiger partial charge in [0.15, 0.2) is 0 Å². The topological polar surface area (TPSA) is 46.2 Å². The molecule has 0 aliphatic rings. The maximum absolute atomic E-state index is 9.88. The smallest absolute Gasteiger partial charge is 0.0714 e. The maximum atomic E-state index is 9.88. The number of aliphatic hydroxyl groups excluding tert-OH is 1. The van der Waals surface area contributed by atoms with Crippen LogP contribution in [0.4, 0.5) is 0 Å². The third kappa shape index (κ3) is 16.8. The Labute approximate surface area is 153 Å². The summed E-state index contributed by atoms with van der Waals surface area (Å²) in [5.41, 5.74) is 5.45. The van der Waals surface area contributed by atoms with E-state index in [1.807, 2.05) is 13.8 Å². The summed E-state index contributed by atoms with van der Waals surface area (Å²) >= 11 is 0. The fraction of sp³-hybridized carbons (Fsp3) is 1.00. The molecule has 0 heterocycles. The van der Waals surface area contributed by atoms with E-state index in [1.165, 1.54) is 96.3 Å². The van der Waals surface area contributed by atoms with Crippen LogP contribution in [0.1, 0.15) is 130 Å². The maximum Gasteiger partial charge on any atom is 0.0714 e. The summed E-state index contributed by atoms with van der Waals surface area (Å²) in [6, 6.07) is 0. The van der Waals surface area contributed by atoms with Crippen molar-refractivity contribution in [3.05, 3.63) is 0 Å². The summed E-state index contributed by atoms with van der Waals surface area (Å²) in [7, 11) is 0. The van der Waals surface area contributed by atoms with Crippen LogP contribution < -0.4 is 5.73 Å². The first-order chi connectivity index (χ1) is 11.5. The molecule has 3 N–H and O–H groups in total. The van der Waals surface area contributed by atoms with E-state index >= 15 is 0 Å². The van der Waals surface area contributed by atoms with Crippen LogP contribution in [0.2, 0.25) is 0 Å². The van der Waals surface area contributed by atoms with Gasteiger partial charge in [0.25, 0.3) is 0 Å². The van der Waals surface area contributed by atoms with Gasteiger partial charge in [0, 0.05) is 5.54 Å². The molecular formula is C22H47NO. The minimum absolute atomic E-state index is 0.357. The Kier molecular flexibility index (Phi) is 16.3. The van der Waals surface area contributed by atoms with E-state index in [1.54, 1.807) is 0 Å². The number of unbranched alkanes of at least 4 members (excludes halogenated alkanes) is 15. The Morgan fingerprint density at radius 2 is 0.917 bits per heavy atom. The lowest BCUT2D eigenvalue weighted by Crippen LogP contribution is -2.44. The van der Waals surface area contributed by atoms with Gasteiger partial charge in [-0.3, -0.25) is 0 Å². The van der Waals surface area contributed by atoms with Gasteiger partial charge in [-0.2, -0.15) is 0 Å². The average Bonchev–Trinajstić information content (AvgIpc) is 2.53. The van der Waals surface area contributed by atoms with E-state index in [-0.39, 0.29) is 6.10 Å². The molecule has 0 aliphatic heterocycles. The van der Waals surface area contributed by atoms with Crippen molar-refractivity contribution in [1.82, 2.24) is 0 Å². The van der Waals surface area contributed by atoms with Crippen molar-refractivity contribution in [2.75, 3.05) is 0 Å². The predicted octanol–water partition coefficient (Wildman–Crippen LogP) is 6.74. The molecule has 0 amide bonds. The number of hydrogen-bond acceptors (Lipinski definition) is 2. The molecule has 146 valence electrons. The van der Waals surface area contributed by atoms with Gasteiger partial charge < -0.3 is 10.8 Å². The van der Waals surface area contributed by atoms with Gasteiger partial charge >= 0.3 is 0 Å². The molecule has 0 saturated heterocycles. The number of hydrogen-bond donors (Lipinski definition) is 2. The second kappa shape index (κ2) is 16.4. The Hall–Kier alpha value is -0.0800. The molecule has 24 heavy (non-hydrogen) atoms. The van der Waals surface area contributed by atoms with E-state index in [2.05, 4.69) is 6.92 Å². The lowest BCUT2D eigenvalue weighted by Gasteiger charge is -2.25. The van der Waals surface area contributed by atoms with E-state index < -0.39 is 5.54 Å². The number of nitrogens with two attached hydrogens (primary N) is 1. The van der Waals surface area contributed by atoms with Crippen LogP contribution in [0.3, 0.4) is 0 Å². The van der Waals surface area contributed by atoms with Crippen molar-refractivity contribution in [3.63, 3.8) is 0 Å². The highest BCUT2D eigenvalue weighted by atomic mass is 16.3. The van der Waals surface area contributed by atoms with Crippen molar-refractivity contribution < 1.29 is 5.11 Å². The van der Waals surface area contributed by atoms with Gasteiger partial charge in [-0.15, -0.1) is 0 Å². The number of rotatable bonds is 18. The second-order valence-electron chi connectivity index (χ2n) is 8.43. The van der Waals surface area contributed by atoms with E-state index in [0.29, 0.717) is 0 Å². The molecule has 0 aliphatic carbocycles. The van der Waals surface area contributed by atoms with Gasteiger partial charge in [0.2, 0.25) is 0 Å². The molecule has 2 nitrogen and oxygen atoms in total. The van der Waals surface area contributed by atoms with E-state index in [0.717, 1.165) is 12.8 Å². The third-order valence-electron chi connectivity index (χ3n) is 5.19. The first-order valence-corrected chi connectivity index (χ1v) is 11.0. The highest BCUT2D eigenvalue weighted by molar-refractivity contribution is 4.81. The highest BCUT2D eigenvalue weighted by Crippen LogP contribution is 2.16. The van der Waals surface area contributed by atoms with Crippen molar-refractivity contribution in [2.45, 2.75) is 142 Å². The molecule has 0 aromatic heterocycles. The summed E-state index contributed by atoms with van der Waals surface area (Å²) in [4.78, 5) is 0. The SMILES string of the molecule is CCCCCCCCCCCCCCCCCCC(O)C(C)(C)N. The number of aliphatic hydroxyl groups is 1. The van der Waals surface area contributed by atoms with Crippen LogP contribution in [0.25, 0.3) is 0 Å². The molecule has 0 rings (SSSR count). The summed E-state index contributed by atoms with van der Waals surface area (Å²) in [5, 5.41) is 9.88. The quantitative estimate of drug-likeness (QED) is 0.271. The van der Waals surface area contributed by atoms with Crippen molar-refractivity contribution in [2.24, 2.45) is 5.73 Å². The third-order valence-corrected chi connectivity index (χ3v) is 5.19. The molecule has 0 spiro atoms. The first-order valence-electron chi connectivity index (χ1n) is 11.0. The normalized spacial score (nSPS) is 13.4. The van der Waals surface area contributed by atoms with Crippen LogP contribution in [0.5, 0.6) is 0 Å². The zero-order chi connectivity index (χ0) is 18.1. The molecule has 0 saturated carbocycles. The summed E-state index contributed by atoms with van der Waals surface area (Å²) < 4.78 is 0. The average molecular weight is 342 g/mol. The standard InChI is InChI=1S/C22H47NO/c1-4-5-6-7-8-9-10-11-12-13-14-15-16-17-18-19-20-21(24)22(2,3)23/h21,24H,4-20,23H2,1-3H3. The van der Waals surface area contributed by atoms with Crippen molar-refractivity contribution >= 4 is 0 Å². The highest BCUT2D eigenvalue weighted by Gasteiger charge is 2.21. The van der Waals surface area contributed by atoms with Crippen LogP contribution in [0.15, 0.2) is 0 Å². The van der Waals surface area contributed by atoms with E-state index in [9.17, 15) is 5.11 Å². The first kappa shape index (κ1) is 23.9. The van der Waals surface area contributed by atoms with Crippen LogP contribution in [-0.4, -0.2) is 16.7 Å². The molecule has 0 fully saturated rings.